The van der Waals surface area contributed by atoms with E-state index in [2.05, 4.69) is 5.32 Å². The first-order chi connectivity index (χ1) is 13.7. The lowest BCUT2D eigenvalue weighted by molar-refractivity contribution is -0.145. The molecule has 0 aliphatic rings. The van der Waals surface area contributed by atoms with Crippen LogP contribution in [0, 0.1) is 5.82 Å². The maximum Gasteiger partial charge on any atom is 0.408 e. The van der Waals surface area contributed by atoms with Crippen LogP contribution >= 0.6 is 0 Å². The van der Waals surface area contributed by atoms with Crippen LogP contribution in [-0.4, -0.2) is 23.7 Å². The van der Waals surface area contributed by atoms with Gasteiger partial charge in [0.1, 0.15) is 18.0 Å². The number of amides is 1. The molecular weight excluding hydrogens is 373 g/mol. The molecular formula is C23H26FNO4. The molecule has 0 bridgehead atoms. The molecule has 0 heterocycles. The van der Waals surface area contributed by atoms with E-state index in [9.17, 15) is 14.0 Å². The maximum absolute atomic E-state index is 13.1. The second-order valence-electron chi connectivity index (χ2n) is 7.51. The van der Waals surface area contributed by atoms with E-state index in [0.29, 0.717) is 0 Å². The van der Waals surface area contributed by atoms with E-state index in [4.69, 9.17) is 9.47 Å². The summed E-state index contributed by atoms with van der Waals surface area (Å²) >= 11 is 0. The van der Waals surface area contributed by atoms with Crippen molar-refractivity contribution in [2.45, 2.75) is 45.4 Å². The summed E-state index contributed by atoms with van der Waals surface area (Å²) in [5.74, 6) is -0.797. The predicted molar refractivity (Wildman–Crippen MR) is 109 cm³/mol. The van der Waals surface area contributed by atoms with Crippen LogP contribution in [0.1, 0.15) is 38.3 Å². The van der Waals surface area contributed by atoms with Gasteiger partial charge in [-0.25, -0.2) is 9.18 Å². The largest absolute Gasteiger partial charge is 0.461 e. The van der Waals surface area contributed by atoms with Gasteiger partial charge in [-0.2, -0.15) is 0 Å². The number of carbonyl (C=O) groups is 2. The van der Waals surface area contributed by atoms with Crippen molar-refractivity contribution < 1.29 is 23.5 Å². The van der Waals surface area contributed by atoms with Crippen LogP contribution < -0.4 is 5.32 Å². The molecule has 1 N–H and O–H groups in total. The Hall–Kier alpha value is -3.15. The molecule has 6 heteroatoms. The average Bonchev–Trinajstić information content (AvgIpc) is 2.65. The standard InChI is InChI=1S/C23H26FNO4/c1-23(2,3)29-22(27)25-20(14-11-17-9-12-19(24)13-10-17)15-21(26)28-16-18-7-5-4-6-8-18/h4-14,20H,15-16H2,1-3H3,(H,25,27)/b14-11+/t20-/m0/s1. The van der Waals surface area contributed by atoms with Crippen molar-refractivity contribution in [3.05, 3.63) is 77.6 Å². The SMILES string of the molecule is CC(C)(C)OC(=O)N[C@@H](/C=C/c1ccc(F)cc1)CC(=O)OCc1ccccc1. The highest BCUT2D eigenvalue weighted by Crippen LogP contribution is 2.11. The first kappa shape index (κ1) is 22.1. The monoisotopic (exact) mass is 399 g/mol. The second-order valence-corrected chi connectivity index (χ2v) is 7.51. The minimum atomic E-state index is -0.664. The number of alkyl carbamates (subject to hydrolysis) is 1. The van der Waals surface area contributed by atoms with Crippen LogP contribution in [0.15, 0.2) is 60.7 Å². The molecule has 0 saturated carbocycles. The highest BCUT2D eigenvalue weighted by atomic mass is 19.1. The number of carbonyl (C=O) groups excluding carboxylic acids is 2. The van der Waals surface area contributed by atoms with Gasteiger partial charge in [0, 0.05) is 0 Å². The zero-order chi connectivity index (χ0) is 21.3. The lowest BCUT2D eigenvalue weighted by Gasteiger charge is -2.22. The van der Waals surface area contributed by atoms with Crippen LogP contribution in [0.3, 0.4) is 0 Å². The lowest BCUT2D eigenvalue weighted by atomic mass is 10.1. The van der Waals surface area contributed by atoms with Crippen molar-refractivity contribution in [2.24, 2.45) is 0 Å². The van der Waals surface area contributed by atoms with E-state index >= 15 is 0 Å². The van der Waals surface area contributed by atoms with Crippen LogP contribution in [0.4, 0.5) is 9.18 Å². The number of nitrogens with one attached hydrogen (secondary N) is 1. The molecule has 0 aliphatic heterocycles. The Morgan fingerprint density at radius 1 is 1.07 bits per heavy atom. The van der Waals surface area contributed by atoms with E-state index < -0.39 is 23.7 Å². The Morgan fingerprint density at radius 2 is 1.72 bits per heavy atom. The summed E-state index contributed by atoms with van der Waals surface area (Å²) < 4.78 is 23.6. The molecule has 29 heavy (non-hydrogen) atoms. The summed E-state index contributed by atoms with van der Waals surface area (Å²) in [6, 6.07) is 14.6. The highest BCUT2D eigenvalue weighted by molar-refractivity contribution is 5.74. The van der Waals surface area contributed by atoms with Crippen LogP contribution in [0.2, 0.25) is 0 Å². The normalized spacial score (nSPS) is 12.4. The Kier molecular flexibility index (Phi) is 7.95. The van der Waals surface area contributed by atoms with Crippen molar-refractivity contribution in [1.29, 1.82) is 0 Å². The van der Waals surface area contributed by atoms with Crippen molar-refractivity contribution in [1.82, 2.24) is 5.32 Å². The van der Waals surface area contributed by atoms with Crippen molar-refractivity contribution in [3.8, 4) is 0 Å². The van der Waals surface area contributed by atoms with E-state index in [1.54, 1.807) is 45.1 Å². The summed E-state index contributed by atoms with van der Waals surface area (Å²) in [6.07, 6.45) is 2.65. The summed E-state index contributed by atoms with van der Waals surface area (Å²) in [5.41, 5.74) is 0.947. The molecule has 0 aromatic heterocycles. The van der Waals surface area contributed by atoms with E-state index in [1.807, 2.05) is 30.3 Å². The molecule has 0 radical (unpaired) electrons. The Balaban J connectivity index is 2.01. The molecule has 154 valence electrons. The van der Waals surface area contributed by atoms with Crippen LogP contribution in [0.5, 0.6) is 0 Å². The number of ether oxygens (including phenoxy) is 2. The molecule has 2 rings (SSSR count). The minimum Gasteiger partial charge on any atom is -0.461 e. The van der Waals surface area contributed by atoms with Gasteiger partial charge in [0.15, 0.2) is 0 Å². The van der Waals surface area contributed by atoms with Gasteiger partial charge in [-0.1, -0.05) is 54.6 Å². The number of esters is 1. The van der Waals surface area contributed by atoms with Gasteiger partial charge in [-0.3, -0.25) is 4.79 Å². The molecule has 0 unspecified atom stereocenters. The fraction of sp³-hybridized carbons (Fsp3) is 0.304. The predicted octanol–water partition coefficient (Wildman–Crippen LogP) is 4.87. The van der Waals surface area contributed by atoms with Gasteiger partial charge in [-0.05, 0) is 44.0 Å². The highest BCUT2D eigenvalue weighted by Gasteiger charge is 2.20. The van der Waals surface area contributed by atoms with Crippen LogP contribution in [0.25, 0.3) is 6.08 Å². The van der Waals surface area contributed by atoms with Gasteiger partial charge in [0.25, 0.3) is 0 Å². The average molecular weight is 399 g/mol. The van der Waals surface area contributed by atoms with Gasteiger partial charge in [-0.15, -0.1) is 0 Å². The number of hydrogen-bond acceptors (Lipinski definition) is 4. The summed E-state index contributed by atoms with van der Waals surface area (Å²) in [6.45, 7) is 5.42. The number of benzene rings is 2. The summed E-state index contributed by atoms with van der Waals surface area (Å²) in [7, 11) is 0. The number of halogens is 1. The zero-order valence-corrected chi connectivity index (χ0v) is 16.9. The van der Waals surface area contributed by atoms with E-state index in [1.165, 1.54) is 12.1 Å². The Morgan fingerprint density at radius 3 is 2.34 bits per heavy atom. The summed E-state index contributed by atoms with van der Waals surface area (Å²) in [4.78, 5) is 24.4. The third-order valence-corrected chi connectivity index (χ3v) is 3.72. The quantitative estimate of drug-likeness (QED) is 0.675. The van der Waals surface area contributed by atoms with Crippen molar-refractivity contribution >= 4 is 18.1 Å². The van der Waals surface area contributed by atoms with E-state index in [0.717, 1.165) is 11.1 Å². The molecule has 5 nitrogen and oxygen atoms in total. The Bertz CT molecular complexity index is 826. The van der Waals surface area contributed by atoms with Crippen molar-refractivity contribution in [3.63, 3.8) is 0 Å². The van der Waals surface area contributed by atoms with Crippen LogP contribution in [-0.2, 0) is 20.9 Å². The summed E-state index contributed by atoms with van der Waals surface area (Å²) in [5, 5.41) is 2.66. The molecule has 2 aromatic carbocycles. The minimum absolute atomic E-state index is 0.0657. The molecule has 1 atom stereocenters. The second kappa shape index (κ2) is 10.4. The topological polar surface area (TPSA) is 64.6 Å². The lowest BCUT2D eigenvalue weighted by Crippen LogP contribution is -2.39. The van der Waals surface area contributed by atoms with Gasteiger partial charge in [0.2, 0.25) is 0 Å². The third-order valence-electron chi connectivity index (χ3n) is 3.72. The van der Waals surface area contributed by atoms with Gasteiger partial charge < -0.3 is 14.8 Å². The maximum atomic E-state index is 13.1. The molecule has 0 fully saturated rings. The first-order valence-corrected chi connectivity index (χ1v) is 9.34. The molecule has 2 aromatic rings. The molecule has 0 spiro atoms. The van der Waals surface area contributed by atoms with Gasteiger partial charge in [0.05, 0.1) is 12.5 Å². The molecule has 0 saturated heterocycles. The fourth-order valence-corrected chi connectivity index (χ4v) is 2.40. The third kappa shape index (κ3) is 9.06. The fourth-order valence-electron chi connectivity index (χ4n) is 2.40. The van der Waals surface area contributed by atoms with Gasteiger partial charge >= 0.3 is 12.1 Å². The molecule has 1 amide bonds. The number of hydrogen-bond donors (Lipinski definition) is 1. The zero-order valence-electron chi connectivity index (χ0n) is 16.9. The first-order valence-electron chi connectivity index (χ1n) is 9.34. The Labute approximate surface area is 170 Å². The number of rotatable bonds is 7. The molecule has 0 aliphatic carbocycles. The van der Waals surface area contributed by atoms with E-state index in [-0.39, 0.29) is 18.8 Å². The smallest absolute Gasteiger partial charge is 0.408 e. The van der Waals surface area contributed by atoms with Crippen molar-refractivity contribution in [2.75, 3.05) is 0 Å².